The molecule has 114 valence electrons. The maximum atomic E-state index is 13.7. The van der Waals surface area contributed by atoms with E-state index in [1.54, 1.807) is 6.92 Å². The molecule has 0 saturated carbocycles. The average Bonchev–Trinajstić information content (AvgIpc) is 2.35. The summed E-state index contributed by atoms with van der Waals surface area (Å²) >= 11 is 0. The first-order chi connectivity index (χ1) is 9.21. The molecule has 0 radical (unpaired) electrons. The molecule has 0 aromatic heterocycles. The predicted molar refractivity (Wildman–Crippen MR) is 63.1 cm³/mol. The van der Waals surface area contributed by atoms with Crippen molar-refractivity contribution in [1.82, 2.24) is 5.32 Å². The van der Waals surface area contributed by atoms with Gasteiger partial charge in [-0.15, -0.1) is 0 Å². The van der Waals surface area contributed by atoms with Crippen LogP contribution in [-0.2, 0) is 0 Å². The molecule has 0 amide bonds. The lowest BCUT2D eigenvalue weighted by Crippen LogP contribution is -2.43. The van der Waals surface area contributed by atoms with Gasteiger partial charge >= 0.3 is 12.3 Å². The summed E-state index contributed by atoms with van der Waals surface area (Å²) < 4.78 is 79.1. The van der Waals surface area contributed by atoms with E-state index in [1.165, 1.54) is 6.92 Å². The van der Waals surface area contributed by atoms with Gasteiger partial charge in [0.15, 0.2) is 0 Å². The topological polar surface area (TPSA) is 12.0 Å². The van der Waals surface area contributed by atoms with Crippen molar-refractivity contribution in [3.8, 4) is 0 Å². The van der Waals surface area contributed by atoms with Crippen LogP contribution in [0.3, 0.4) is 0 Å². The molecule has 0 aliphatic rings. The van der Waals surface area contributed by atoms with Crippen molar-refractivity contribution in [2.24, 2.45) is 0 Å². The molecule has 1 aromatic rings. The summed E-state index contributed by atoms with van der Waals surface area (Å²) in [6.45, 7) is 2.86. The Morgan fingerprint density at radius 1 is 1.15 bits per heavy atom. The van der Waals surface area contributed by atoms with Gasteiger partial charge in [-0.25, -0.2) is 17.6 Å². The Morgan fingerprint density at radius 3 is 2.25 bits per heavy atom. The number of aryl methyl sites for hydroxylation is 1. The van der Waals surface area contributed by atoms with Crippen LogP contribution < -0.4 is 5.32 Å². The maximum Gasteiger partial charge on any atom is 0.326 e. The summed E-state index contributed by atoms with van der Waals surface area (Å²) in [6.07, 6.45) is -3.60. The van der Waals surface area contributed by atoms with Crippen molar-refractivity contribution in [1.29, 1.82) is 0 Å². The number of nitrogens with one attached hydrogen (secondary N) is 1. The van der Waals surface area contributed by atoms with E-state index in [9.17, 15) is 26.3 Å². The second kappa shape index (κ2) is 6.47. The van der Waals surface area contributed by atoms with Gasteiger partial charge in [-0.1, -0.05) is 6.92 Å². The standard InChI is InChI=1S/C13H15F6N/c1-3-4-20-11(13(18,19)12(16)17)8-6-9(14)7(2)5-10(8)15/h5-6,11-12,20H,3-4H2,1-2H3. The van der Waals surface area contributed by atoms with Crippen molar-refractivity contribution in [2.75, 3.05) is 6.54 Å². The van der Waals surface area contributed by atoms with Gasteiger partial charge < -0.3 is 5.32 Å². The van der Waals surface area contributed by atoms with Crippen LogP contribution in [0.15, 0.2) is 12.1 Å². The third-order valence-electron chi connectivity index (χ3n) is 2.86. The molecule has 1 rings (SSSR count). The zero-order valence-electron chi connectivity index (χ0n) is 11.0. The molecule has 0 heterocycles. The summed E-state index contributed by atoms with van der Waals surface area (Å²) in [5, 5.41) is 2.16. The predicted octanol–water partition coefficient (Wildman–Crippen LogP) is 4.21. The molecular weight excluding hydrogens is 284 g/mol. The lowest BCUT2D eigenvalue weighted by molar-refractivity contribution is -0.152. The van der Waals surface area contributed by atoms with Crippen LogP contribution in [-0.4, -0.2) is 18.9 Å². The Bertz CT molecular complexity index is 460. The fraction of sp³-hybridized carbons (Fsp3) is 0.538. The lowest BCUT2D eigenvalue weighted by Gasteiger charge is -2.28. The summed E-state index contributed by atoms with van der Waals surface area (Å²) in [5.41, 5.74) is -0.882. The molecule has 0 fully saturated rings. The zero-order valence-corrected chi connectivity index (χ0v) is 11.0. The van der Waals surface area contributed by atoms with E-state index in [2.05, 4.69) is 5.32 Å². The second-order valence-corrected chi connectivity index (χ2v) is 4.49. The van der Waals surface area contributed by atoms with Crippen LogP contribution in [0.25, 0.3) is 0 Å². The van der Waals surface area contributed by atoms with Crippen LogP contribution >= 0.6 is 0 Å². The van der Waals surface area contributed by atoms with Gasteiger partial charge in [0.2, 0.25) is 0 Å². The first-order valence-electron chi connectivity index (χ1n) is 6.06. The van der Waals surface area contributed by atoms with E-state index in [1.807, 2.05) is 0 Å². The molecular formula is C13H15F6N. The zero-order chi connectivity index (χ0) is 15.5. The molecule has 1 nitrogen and oxygen atoms in total. The Hall–Kier alpha value is -1.24. The Kier molecular flexibility index (Phi) is 5.44. The highest BCUT2D eigenvalue weighted by Gasteiger charge is 2.50. The monoisotopic (exact) mass is 299 g/mol. The van der Waals surface area contributed by atoms with Crippen LogP contribution in [0.2, 0.25) is 0 Å². The highest BCUT2D eigenvalue weighted by atomic mass is 19.3. The lowest BCUT2D eigenvalue weighted by atomic mass is 9.98. The molecule has 1 N–H and O–H groups in total. The highest BCUT2D eigenvalue weighted by molar-refractivity contribution is 5.29. The first-order valence-corrected chi connectivity index (χ1v) is 6.06. The Balaban J connectivity index is 3.27. The number of alkyl halides is 4. The maximum absolute atomic E-state index is 13.7. The number of benzene rings is 1. The molecule has 7 heteroatoms. The minimum absolute atomic E-state index is 0.0259. The van der Waals surface area contributed by atoms with E-state index >= 15 is 0 Å². The molecule has 0 aliphatic carbocycles. The Labute approximate surface area is 113 Å². The van der Waals surface area contributed by atoms with Crippen molar-refractivity contribution in [3.05, 3.63) is 34.9 Å². The van der Waals surface area contributed by atoms with Crippen LogP contribution in [0.1, 0.15) is 30.5 Å². The summed E-state index contributed by atoms with van der Waals surface area (Å²) in [4.78, 5) is 0. The fourth-order valence-corrected chi connectivity index (χ4v) is 1.75. The van der Waals surface area contributed by atoms with E-state index in [0.29, 0.717) is 18.6 Å². The van der Waals surface area contributed by atoms with E-state index < -0.39 is 35.6 Å². The van der Waals surface area contributed by atoms with Gasteiger partial charge in [0, 0.05) is 5.56 Å². The van der Waals surface area contributed by atoms with Gasteiger partial charge in [-0.3, -0.25) is 0 Å². The molecule has 0 aliphatic heterocycles. The summed E-state index contributed by atoms with van der Waals surface area (Å²) in [7, 11) is 0. The van der Waals surface area contributed by atoms with E-state index in [0.717, 1.165) is 0 Å². The third-order valence-corrected chi connectivity index (χ3v) is 2.86. The van der Waals surface area contributed by atoms with Crippen molar-refractivity contribution < 1.29 is 26.3 Å². The number of halogens is 6. The molecule has 20 heavy (non-hydrogen) atoms. The molecule has 0 spiro atoms. The van der Waals surface area contributed by atoms with Gasteiger partial charge in [-0.2, -0.15) is 8.78 Å². The van der Waals surface area contributed by atoms with Gasteiger partial charge in [0.05, 0.1) is 0 Å². The van der Waals surface area contributed by atoms with E-state index in [4.69, 9.17) is 0 Å². The van der Waals surface area contributed by atoms with Crippen LogP contribution in [0, 0.1) is 18.6 Å². The largest absolute Gasteiger partial charge is 0.326 e. The van der Waals surface area contributed by atoms with Gasteiger partial charge in [-0.05, 0) is 37.6 Å². The number of rotatable bonds is 6. The van der Waals surface area contributed by atoms with Gasteiger partial charge in [0.25, 0.3) is 0 Å². The van der Waals surface area contributed by atoms with Crippen LogP contribution in [0.5, 0.6) is 0 Å². The van der Waals surface area contributed by atoms with Crippen molar-refractivity contribution in [2.45, 2.75) is 38.7 Å². The number of hydrogen-bond donors (Lipinski definition) is 1. The van der Waals surface area contributed by atoms with E-state index in [-0.39, 0.29) is 12.1 Å². The molecule has 1 atom stereocenters. The normalized spacial score (nSPS) is 13.8. The molecule has 1 unspecified atom stereocenters. The van der Waals surface area contributed by atoms with Crippen molar-refractivity contribution in [3.63, 3.8) is 0 Å². The van der Waals surface area contributed by atoms with Crippen molar-refractivity contribution >= 4 is 0 Å². The third kappa shape index (κ3) is 3.45. The Morgan fingerprint density at radius 2 is 1.75 bits per heavy atom. The van der Waals surface area contributed by atoms with Gasteiger partial charge in [0.1, 0.15) is 17.7 Å². The van der Waals surface area contributed by atoms with Crippen LogP contribution in [0.4, 0.5) is 26.3 Å². The summed E-state index contributed by atoms with van der Waals surface area (Å²) in [6, 6.07) is -1.03. The average molecular weight is 299 g/mol. The molecule has 1 aromatic carbocycles. The number of hydrogen-bond acceptors (Lipinski definition) is 1. The second-order valence-electron chi connectivity index (χ2n) is 4.49. The first kappa shape index (κ1) is 16.8. The smallest absolute Gasteiger partial charge is 0.305 e. The summed E-state index contributed by atoms with van der Waals surface area (Å²) in [5.74, 6) is -6.56. The molecule has 0 saturated heterocycles. The minimum Gasteiger partial charge on any atom is -0.305 e. The molecule has 0 bridgehead atoms. The fourth-order valence-electron chi connectivity index (χ4n) is 1.75. The minimum atomic E-state index is -4.50. The highest BCUT2D eigenvalue weighted by Crippen LogP contribution is 2.38. The quantitative estimate of drug-likeness (QED) is 0.776. The SMILES string of the molecule is CCCNC(c1cc(F)c(C)cc1F)C(F)(F)C(F)F.